The van der Waals surface area contributed by atoms with E-state index in [2.05, 4.69) is 48.5 Å². The second-order valence-corrected chi connectivity index (χ2v) is 15.3. The van der Waals surface area contributed by atoms with Crippen molar-refractivity contribution in [3.8, 4) is 0 Å². The molecule has 1 aliphatic heterocycles. The van der Waals surface area contributed by atoms with E-state index in [0.717, 1.165) is 32.1 Å². The fourth-order valence-electron chi connectivity index (χ4n) is 11.6. The smallest absolute Gasteiger partial charge is 0.312 e. The Morgan fingerprint density at radius 1 is 0.727 bits per heavy atom. The standard InChI is InChI=1S/C30H46O3/c1-25(2)14-16-30-17-15-28(6)18(22(30)23(25)33-24(30)32)8-9-20-27(5)12-11-21(31)26(3,4)19(27)10-13-29(20,28)7/h18-20,22-23H,8-17H2,1-7H3/t18-,19+,20+,22-,23-,27+,28+,29+,30-/m1/s1. The molecule has 3 nitrogen and oxygen atoms in total. The quantitative estimate of drug-likeness (QED) is 0.371. The number of fused-ring (bicyclic) bond motifs is 5. The van der Waals surface area contributed by atoms with Gasteiger partial charge >= 0.3 is 5.97 Å². The molecule has 0 aromatic carbocycles. The number of carbonyl (C=O) groups excluding carboxylic acids is 2. The van der Waals surface area contributed by atoms with Gasteiger partial charge < -0.3 is 4.74 Å². The van der Waals surface area contributed by atoms with E-state index in [9.17, 15) is 9.59 Å². The van der Waals surface area contributed by atoms with E-state index in [1.807, 2.05) is 0 Å². The Morgan fingerprint density at radius 3 is 2.15 bits per heavy atom. The second-order valence-electron chi connectivity index (χ2n) is 15.3. The summed E-state index contributed by atoms with van der Waals surface area (Å²) in [7, 11) is 0. The van der Waals surface area contributed by atoms with Crippen LogP contribution in [0, 0.1) is 56.2 Å². The van der Waals surface area contributed by atoms with Crippen LogP contribution in [0.5, 0.6) is 0 Å². The molecular weight excluding hydrogens is 408 g/mol. The van der Waals surface area contributed by atoms with E-state index < -0.39 is 0 Å². The third kappa shape index (κ3) is 2.39. The number of carbonyl (C=O) groups is 2. The molecule has 0 radical (unpaired) electrons. The number of hydrogen-bond acceptors (Lipinski definition) is 3. The topological polar surface area (TPSA) is 43.4 Å². The predicted molar refractivity (Wildman–Crippen MR) is 129 cm³/mol. The number of ether oxygens (including phenoxy) is 1. The van der Waals surface area contributed by atoms with Gasteiger partial charge in [-0.05, 0) is 91.8 Å². The fraction of sp³-hybridized carbons (Fsp3) is 0.933. The highest BCUT2D eigenvalue weighted by atomic mass is 16.6. The summed E-state index contributed by atoms with van der Waals surface area (Å²) in [4.78, 5) is 26.3. The van der Waals surface area contributed by atoms with Crippen LogP contribution < -0.4 is 0 Å². The average molecular weight is 455 g/mol. The van der Waals surface area contributed by atoms with E-state index >= 15 is 0 Å². The summed E-state index contributed by atoms with van der Waals surface area (Å²) in [6.45, 7) is 17.0. The van der Waals surface area contributed by atoms with Gasteiger partial charge in [-0.2, -0.15) is 0 Å². The Morgan fingerprint density at radius 2 is 1.42 bits per heavy atom. The second kappa shape index (κ2) is 6.28. The molecule has 6 aliphatic rings. The first kappa shape index (κ1) is 22.6. The Balaban J connectivity index is 1.42. The van der Waals surface area contributed by atoms with Crippen LogP contribution >= 0.6 is 0 Å². The van der Waals surface area contributed by atoms with Crippen molar-refractivity contribution < 1.29 is 14.3 Å². The summed E-state index contributed by atoms with van der Waals surface area (Å²) in [6.07, 6.45) is 11.2. The fourth-order valence-corrected chi connectivity index (χ4v) is 11.6. The van der Waals surface area contributed by atoms with Crippen molar-refractivity contribution in [2.45, 2.75) is 119 Å². The third-order valence-corrected chi connectivity index (χ3v) is 13.8. The Labute approximate surface area is 201 Å². The lowest BCUT2D eigenvalue weighted by atomic mass is 9.31. The zero-order valence-corrected chi connectivity index (χ0v) is 22.2. The largest absolute Gasteiger partial charge is 0.461 e. The number of rotatable bonds is 0. The maximum absolute atomic E-state index is 13.3. The maximum Gasteiger partial charge on any atom is 0.312 e. The van der Waals surface area contributed by atoms with Crippen LogP contribution in [0.2, 0.25) is 0 Å². The van der Waals surface area contributed by atoms with E-state index in [0.29, 0.717) is 29.5 Å². The van der Waals surface area contributed by atoms with Crippen LogP contribution in [-0.2, 0) is 14.3 Å². The molecule has 2 bridgehead atoms. The molecule has 0 N–H and O–H groups in total. The molecule has 0 spiro atoms. The number of esters is 1. The molecule has 6 rings (SSSR count). The summed E-state index contributed by atoms with van der Waals surface area (Å²) < 4.78 is 6.27. The van der Waals surface area contributed by atoms with Gasteiger partial charge in [-0.3, -0.25) is 9.59 Å². The minimum absolute atomic E-state index is 0.0910. The minimum Gasteiger partial charge on any atom is -0.461 e. The SMILES string of the molecule is CC1(C)CC[C@@]23CC[C@@]4(C)[C@H](CC[C@H]5[C@@]6(C)CCC(=O)C(C)(C)[C@@H]6CC[C@@]54C)[C@@H]2[C@H]1OC3=O. The lowest BCUT2D eigenvalue weighted by Gasteiger charge is -2.72. The van der Waals surface area contributed by atoms with Gasteiger partial charge in [0, 0.05) is 23.2 Å². The summed E-state index contributed by atoms with van der Waals surface area (Å²) in [6, 6.07) is 0. The zero-order valence-electron chi connectivity index (χ0n) is 22.2. The van der Waals surface area contributed by atoms with Crippen LogP contribution in [0.4, 0.5) is 0 Å². The zero-order chi connectivity index (χ0) is 23.8. The molecule has 9 atom stereocenters. The van der Waals surface area contributed by atoms with Gasteiger partial charge in [0.2, 0.25) is 0 Å². The van der Waals surface area contributed by atoms with Gasteiger partial charge in [0.25, 0.3) is 0 Å². The molecule has 3 heteroatoms. The molecule has 1 heterocycles. The highest BCUT2D eigenvalue weighted by Crippen LogP contribution is 2.77. The number of Topliss-reactive ketones (excluding diaryl/α,β-unsaturated/α-hetero) is 1. The molecule has 0 amide bonds. The van der Waals surface area contributed by atoms with Gasteiger partial charge in [0.1, 0.15) is 11.9 Å². The van der Waals surface area contributed by atoms with Gasteiger partial charge in [-0.15, -0.1) is 0 Å². The Hall–Kier alpha value is -0.860. The van der Waals surface area contributed by atoms with Crippen molar-refractivity contribution in [2.24, 2.45) is 56.2 Å². The van der Waals surface area contributed by atoms with Crippen LogP contribution in [0.1, 0.15) is 113 Å². The summed E-state index contributed by atoms with van der Waals surface area (Å²) >= 11 is 0. The molecule has 5 saturated carbocycles. The molecule has 0 aromatic heterocycles. The van der Waals surface area contributed by atoms with Crippen LogP contribution in [0.25, 0.3) is 0 Å². The normalized spacial score (nSPS) is 56.2. The molecule has 5 aliphatic carbocycles. The van der Waals surface area contributed by atoms with E-state index in [1.54, 1.807) is 0 Å². The van der Waals surface area contributed by atoms with Gasteiger partial charge in [0.05, 0.1) is 5.41 Å². The van der Waals surface area contributed by atoms with Crippen molar-refractivity contribution in [2.75, 3.05) is 0 Å². The van der Waals surface area contributed by atoms with Crippen molar-refractivity contribution in [3.05, 3.63) is 0 Å². The van der Waals surface area contributed by atoms with E-state index in [-0.39, 0.29) is 44.6 Å². The Kier molecular flexibility index (Phi) is 4.30. The molecule has 1 saturated heterocycles. The predicted octanol–water partition coefficient (Wildman–Crippen LogP) is 6.97. The number of hydrogen-bond donors (Lipinski definition) is 0. The Bertz CT molecular complexity index is 918. The monoisotopic (exact) mass is 454 g/mol. The summed E-state index contributed by atoms with van der Waals surface area (Å²) in [5.74, 6) is 2.80. The van der Waals surface area contributed by atoms with Crippen molar-refractivity contribution in [3.63, 3.8) is 0 Å². The van der Waals surface area contributed by atoms with Gasteiger partial charge in [0.15, 0.2) is 0 Å². The molecule has 0 unspecified atom stereocenters. The number of ketones is 1. The van der Waals surface area contributed by atoms with Gasteiger partial charge in [-0.1, -0.05) is 48.5 Å². The summed E-state index contributed by atoms with van der Waals surface area (Å²) in [5.41, 5.74) is 0.494. The van der Waals surface area contributed by atoms with Crippen LogP contribution in [0.15, 0.2) is 0 Å². The van der Waals surface area contributed by atoms with Gasteiger partial charge in [-0.25, -0.2) is 0 Å². The van der Waals surface area contributed by atoms with E-state index in [4.69, 9.17) is 4.74 Å². The molecule has 33 heavy (non-hydrogen) atoms. The maximum atomic E-state index is 13.3. The van der Waals surface area contributed by atoms with Crippen LogP contribution in [0.3, 0.4) is 0 Å². The van der Waals surface area contributed by atoms with Crippen molar-refractivity contribution >= 4 is 11.8 Å². The van der Waals surface area contributed by atoms with Crippen molar-refractivity contribution in [1.82, 2.24) is 0 Å². The first-order valence-electron chi connectivity index (χ1n) is 14.0. The molecular formula is C30H46O3. The first-order valence-corrected chi connectivity index (χ1v) is 14.0. The first-order chi connectivity index (χ1) is 15.2. The van der Waals surface area contributed by atoms with Crippen molar-refractivity contribution in [1.29, 1.82) is 0 Å². The minimum atomic E-state index is -0.200. The highest BCUT2D eigenvalue weighted by molar-refractivity contribution is 5.85. The molecule has 184 valence electrons. The van der Waals surface area contributed by atoms with Crippen LogP contribution in [-0.4, -0.2) is 17.9 Å². The lowest BCUT2D eigenvalue weighted by molar-refractivity contribution is -0.239. The van der Waals surface area contributed by atoms with E-state index in [1.165, 1.54) is 32.1 Å². The highest BCUT2D eigenvalue weighted by Gasteiger charge is 2.75. The summed E-state index contributed by atoms with van der Waals surface area (Å²) in [5, 5.41) is 0. The average Bonchev–Trinajstić information content (AvgIpc) is 2.99. The molecule has 0 aromatic rings. The molecule has 6 fully saturated rings. The lowest BCUT2D eigenvalue weighted by Crippen LogP contribution is -2.67. The third-order valence-electron chi connectivity index (χ3n) is 13.8.